The Labute approximate surface area is 123 Å². The third kappa shape index (κ3) is 5.88. The van der Waals surface area contributed by atoms with Gasteiger partial charge in [-0.2, -0.15) is 0 Å². The summed E-state index contributed by atoms with van der Waals surface area (Å²) >= 11 is 0. The molecule has 0 aliphatic rings. The zero-order chi connectivity index (χ0) is 15.7. The Bertz CT molecular complexity index is 491. The Morgan fingerprint density at radius 1 is 1.43 bits per heavy atom. The van der Waals surface area contributed by atoms with E-state index in [1.807, 2.05) is 6.07 Å². The first-order valence-electron chi connectivity index (χ1n) is 6.75. The minimum atomic E-state index is -0.401. The summed E-state index contributed by atoms with van der Waals surface area (Å²) in [5.74, 6) is -0.103. The van der Waals surface area contributed by atoms with Crippen molar-refractivity contribution >= 4 is 11.6 Å². The van der Waals surface area contributed by atoms with Crippen LogP contribution in [0.2, 0.25) is 0 Å². The van der Waals surface area contributed by atoms with Crippen LogP contribution in [0.1, 0.15) is 17.5 Å². The molecule has 0 radical (unpaired) electrons. The van der Waals surface area contributed by atoms with E-state index in [9.17, 15) is 14.9 Å². The van der Waals surface area contributed by atoms with Gasteiger partial charge < -0.3 is 15.4 Å². The number of nitro groups is 1. The van der Waals surface area contributed by atoms with Crippen molar-refractivity contribution in [3.8, 4) is 0 Å². The van der Waals surface area contributed by atoms with Crippen LogP contribution in [0.3, 0.4) is 0 Å². The van der Waals surface area contributed by atoms with E-state index in [-0.39, 0.29) is 18.1 Å². The number of methoxy groups -OCH3 is 1. The van der Waals surface area contributed by atoms with Crippen LogP contribution in [0, 0.1) is 17.0 Å². The van der Waals surface area contributed by atoms with E-state index in [0.29, 0.717) is 25.3 Å². The van der Waals surface area contributed by atoms with Crippen LogP contribution in [0.5, 0.6) is 0 Å². The van der Waals surface area contributed by atoms with Crippen molar-refractivity contribution in [1.29, 1.82) is 0 Å². The fraction of sp³-hybridized carbons (Fsp3) is 0.500. The van der Waals surface area contributed by atoms with Gasteiger partial charge >= 0.3 is 0 Å². The molecule has 0 aliphatic heterocycles. The van der Waals surface area contributed by atoms with E-state index in [1.54, 1.807) is 20.1 Å². The molecule has 0 fully saturated rings. The van der Waals surface area contributed by atoms with Crippen molar-refractivity contribution in [2.24, 2.45) is 0 Å². The number of carbonyl (C=O) groups is 1. The molecule has 21 heavy (non-hydrogen) atoms. The standard InChI is InChI=1S/C14H21N3O4/c1-11-12(5-3-6-13(11)17(19)20)9-15-10-14(18)16-7-4-8-21-2/h3,5-6,15H,4,7-10H2,1-2H3,(H,16,18). The maximum Gasteiger partial charge on any atom is 0.272 e. The van der Waals surface area contributed by atoms with Crippen molar-refractivity contribution in [2.75, 3.05) is 26.8 Å². The minimum Gasteiger partial charge on any atom is -0.385 e. The molecular formula is C14H21N3O4. The molecule has 0 bridgehead atoms. The quantitative estimate of drug-likeness (QED) is 0.405. The van der Waals surface area contributed by atoms with Crippen LogP contribution in [0.15, 0.2) is 18.2 Å². The summed E-state index contributed by atoms with van der Waals surface area (Å²) in [7, 11) is 1.62. The number of nitro benzene ring substituents is 1. The molecule has 1 amide bonds. The molecule has 7 heteroatoms. The van der Waals surface area contributed by atoms with Gasteiger partial charge in [0.1, 0.15) is 0 Å². The SMILES string of the molecule is COCCCNC(=O)CNCc1cccc([N+](=O)[O-])c1C. The van der Waals surface area contributed by atoms with Gasteiger partial charge in [0.05, 0.1) is 11.5 Å². The van der Waals surface area contributed by atoms with E-state index >= 15 is 0 Å². The molecule has 0 spiro atoms. The van der Waals surface area contributed by atoms with Crippen LogP contribution in [-0.2, 0) is 16.1 Å². The number of carbonyl (C=O) groups excluding carboxylic acids is 1. The van der Waals surface area contributed by atoms with Gasteiger partial charge in [0.2, 0.25) is 5.91 Å². The highest BCUT2D eigenvalue weighted by atomic mass is 16.6. The second-order valence-corrected chi connectivity index (χ2v) is 4.62. The molecule has 1 rings (SSSR count). The lowest BCUT2D eigenvalue weighted by Crippen LogP contribution is -2.34. The average molecular weight is 295 g/mol. The van der Waals surface area contributed by atoms with Gasteiger partial charge in [-0.25, -0.2) is 0 Å². The molecule has 0 aliphatic carbocycles. The van der Waals surface area contributed by atoms with Crippen LogP contribution in [-0.4, -0.2) is 37.6 Å². The van der Waals surface area contributed by atoms with Crippen molar-refractivity contribution in [3.05, 3.63) is 39.4 Å². The third-order valence-electron chi connectivity index (χ3n) is 3.06. The van der Waals surface area contributed by atoms with Gasteiger partial charge in [0.15, 0.2) is 0 Å². The first-order chi connectivity index (χ1) is 10.1. The van der Waals surface area contributed by atoms with Gasteiger partial charge in [0, 0.05) is 38.4 Å². The lowest BCUT2D eigenvalue weighted by Gasteiger charge is -2.08. The summed E-state index contributed by atoms with van der Waals surface area (Å²) in [5, 5.41) is 16.6. The summed E-state index contributed by atoms with van der Waals surface area (Å²) in [6, 6.07) is 4.93. The fourth-order valence-corrected chi connectivity index (χ4v) is 1.88. The first kappa shape index (κ1) is 17.1. The van der Waals surface area contributed by atoms with Crippen LogP contribution in [0.4, 0.5) is 5.69 Å². The molecule has 116 valence electrons. The molecule has 0 saturated heterocycles. The molecule has 1 aromatic rings. The number of hydrogen-bond donors (Lipinski definition) is 2. The summed E-state index contributed by atoms with van der Waals surface area (Å²) in [5.41, 5.74) is 1.53. The van der Waals surface area contributed by atoms with E-state index in [4.69, 9.17) is 4.74 Å². The molecule has 0 saturated carbocycles. The van der Waals surface area contributed by atoms with Gasteiger partial charge in [-0.1, -0.05) is 12.1 Å². The number of ether oxygens (including phenoxy) is 1. The molecular weight excluding hydrogens is 274 g/mol. The predicted octanol–water partition coefficient (Wildman–Crippen LogP) is 1.15. The highest BCUT2D eigenvalue weighted by molar-refractivity contribution is 5.77. The Balaban J connectivity index is 2.37. The van der Waals surface area contributed by atoms with Gasteiger partial charge in [-0.05, 0) is 18.9 Å². The van der Waals surface area contributed by atoms with Gasteiger partial charge in [0.25, 0.3) is 5.69 Å². The van der Waals surface area contributed by atoms with Crippen molar-refractivity contribution in [3.63, 3.8) is 0 Å². The average Bonchev–Trinajstić information content (AvgIpc) is 2.45. The zero-order valence-electron chi connectivity index (χ0n) is 12.3. The Hall–Kier alpha value is -1.99. The summed E-state index contributed by atoms with van der Waals surface area (Å²) in [6.07, 6.45) is 0.770. The molecule has 7 nitrogen and oxygen atoms in total. The largest absolute Gasteiger partial charge is 0.385 e. The van der Waals surface area contributed by atoms with Crippen LogP contribution < -0.4 is 10.6 Å². The van der Waals surface area contributed by atoms with E-state index < -0.39 is 4.92 Å². The molecule has 0 unspecified atom stereocenters. The summed E-state index contributed by atoms with van der Waals surface area (Å²) in [6.45, 7) is 3.48. The highest BCUT2D eigenvalue weighted by Gasteiger charge is 2.12. The monoisotopic (exact) mass is 295 g/mol. The molecule has 0 atom stereocenters. The highest BCUT2D eigenvalue weighted by Crippen LogP contribution is 2.20. The number of hydrogen-bond acceptors (Lipinski definition) is 5. The summed E-state index contributed by atoms with van der Waals surface area (Å²) < 4.78 is 4.88. The van der Waals surface area contributed by atoms with Crippen LogP contribution in [0.25, 0.3) is 0 Å². The Morgan fingerprint density at radius 2 is 2.19 bits per heavy atom. The van der Waals surface area contributed by atoms with Gasteiger partial charge in [-0.15, -0.1) is 0 Å². The number of nitrogens with one attached hydrogen (secondary N) is 2. The zero-order valence-corrected chi connectivity index (χ0v) is 12.3. The molecule has 0 heterocycles. The van der Waals surface area contributed by atoms with Crippen molar-refractivity contribution in [2.45, 2.75) is 19.9 Å². The molecule has 2 N–H and O–H groups in total. The Kier molecular flexibility index (Phi) is 7.34. The molecule has 0 aromatic heterocycles. The third-order valence-corrected chi connectivity index (χ3v) is 3.06. The normalized spacial score (nSPS) is 10.4. The second kappa shape index (κ2) is 9.04. The Morgan fingerprint density at radius 3 is 2.86 bits per heavy atom. The van der Waals surface area contributed by atoms with Crippen LogP contribution >= 0.6 is 0 Å². The van der Waals surface area contributed by atoms with Gasteiger partial charge in [-0.3, -0.25) is 14.9 Å². The second-order valence-electron chi connectivity index (χ2n) is 4.62. The predicted molar refractivity (Wildman–Crippen MR) is 79.0 cm³/mol. The van der Waals surface area contributed by atoms with E-state index in [0.717, 1.165) is 12.0 Å². The lowest BCUT2D eigenvalue weighted by atomic mass is 10.1. The molecule has 1 aromatic carbocycles. The minimum absolute atomic E-state index is 0.0957. The maximum absolute atomic E-state index is 11.5. The topological polar surface area (TPSA) is 93.5 Å². The van der Waals surface area contributed by atoms with E-state index in [1.165, 1.54) is 6.07 Å². The lowest BCUT2D eigenvalue weighted by molar-refractivity contribution is -0.385. The maximum atomic E-state index is 11.5. The first-order valence-corrected chi connectivity index (χ1v) is 6.75. The number of rotatable bonds is 9. The fourth-order valence-electron chi connectivity index (χ4n) is 1.88. The van der Waals surface area contributed by atoms with E-state index in [2.05, 4.69) is 10.6 Å². The van der Waals surface area contributed by atoms with Crippen molar-refractivity contribution in [1.82, 2.24) is 10.6 Å². The number of benzene rings is 1. The smallest absolute Gasteiger partial charge is 0.272 e. The number of nitrogens with zero attached hydrogens (tertiary/aromatic N) is 1. The van der Waals surface area contributed by atoms with Crippen molar-refractivity contribution < 1.29 is 14.5 Å². The number of amides is 1. The summed E-state index contributed by atoms with van der Waals surface area (Å²) in [4.78, 5) is 22.0.